The molecule has 0 spiro atoms. The Bertz CT molecular complexity index is 307. The van der Waals surface area contributed by atoms with Gasteiger partial charge in [0.05, 0.1) is 0 Å². The lowest BCUT2D eigenvalue weighted by Gasteiger charge is -2.02. The third-order valence-corrected chi connectivity index (χ3v) is 2.14. The Balaban J connectivity index is 2.57. The van der Waals surface area contributed by atoms with Crippen LogP contribution in [0, 0.1) is 0 Å². The molecule has 2 N–H and O–H groups in total. The molecule has 0 bridgehead atoms. The second kappa shape index (κ2) is 7.21. The van der Waals surface area contributed by atoms with E-state index in [1.807, 2.05) is 12.2 Å². The maximum Gasteiger partial charge on any atom is 0.0465 e. The summed E-state index contributed by atoms with van der Waals surface area (Å²) in [4.78, 5) is 0. The number of aliphatic hydroxyl groups is 1. The first-order valence-electron chi connectivity index (χ1n) is 5.44. The van der Waals surface area contributed by atoms with Gasteiger partial charge in [0.25, 0.3) is 0 Å². The van der Waals surface area contributed by atoms with Crippen LogP contribution in [0.15, 0.2) is 30.3 Å². The first-order chi connectivity index (χ1) is 7.36. The van der Waals surface area contributed by atoms with Crippen molar-refractivity contribution in [3.63, 3.8) is 0 Å². The van der Waals surface area contributed by atoms with Gasteiger partial charge in [0.2, 0.25) is 0 Å². The minimum atomic E-state index is 0.216. The van der Waals surface area contributed by atoms with Gasteiger partial charge in [-0.2, -0.15) is 0 Å². The van der Waals surface area contributed by atoms with Crippen LogP contribution in [0.25, 0.3) is 6.08 Å². The summed E-state index contributed by atoms with van der Waals surface area (Å²) < 4.78 is 0. The molecule has 2 nitrogen and oxygen atoms in total. The van der Waals surface area contributed by atoms with Crippen LogP contribution >= 0.6 is 0 Å². The zero-order valence-electron chi connectivity index (χ0n) is 9.24. The highest BCUT2D eigenvalue weighted by Crippen LogP contribution is 2.07. The molecule has 1 aromatic rings. The van der Waals surface area contributed by atoms with Crippen molar-refractivity contribution in [1.29, 1.82) is 0 Å². The van der Waals surface area contributed by atoms with Crippen LogP contribution in [0.1, 0.15) is 24.5 Å². The van der Waals surface area contributed by atoms with Gasteiger partial charge in [-0.15, -0.1) is 0 Å². The third-order valence-electron chi connectivity index (χ3n) is 2.14. The molecule has 1 aromatic carbocycles. The highest BCUT2D eigenvalue weighted by atomic mass is 16.2. The van der Waals surface area contributed by atoms with Crippen LogP contribution in [0.4, 0.5) is 0 Å². The van der Waals surface area contributed by atoms with Gasteiger partial charge in [-0.1, -0.05) is 43.3 Å². The van der Waals surface area contributed by atoms with E-state index in [9.17, 15) is 0 Å². The van der Waals surface area contributed by atoms with Gasteiger partial charge < -0.3 is 10.4 Å². The van der Waals surface area contributed by atoms with Crippen molar-refractivity contribution in [2.24, 2.45) is 0 Å². The minimum absolute atomic E-state index is 0.216. The van der Waals surface area contributed by atoms with E-state index in [-0.39, 0.29) is 6.61 Å². The highest BCUT2D eigenvalue weighted by Gasteiger charge is 1.92. The molecule has 0 unspecified atom stereocenters. The Morgan fingerprint density at radius 1 is 1.40 bits per heavy atom. The van der Waals surface area contributed by atoms with E-state index in [0.29, 0.717) is 0 Å². The number of hydrogen-bond acceptors (Lipinski definition) is 2. The van der Waals surface area contributed by atoms with Crippen molar-refractivity contribution in [1.82, 2.24) is 5.32 Å². The molecular weight excluding hydrogens is 186 g/mol. The molecule has 0 saturated carbocycles. The molecule has 15 heavy (non-hydrogen) atoms. The van der Waals surface area contributed by atoms with Gasteiger partial charge in [-0.3, -0.25) is 0 Å². The SMILES string of the molecule is CCNCc1cccc(C=CCCO)c1. The number of aliphatic hydroxyl groups excluding tert-OH is 1. The monoisotopic (exact) mass is 205 g/mol. The lowest BCUT2D eigenvalue weighted by Crippen LogP contribution is -2.11. The lowest BCUT2D eigenvalue weighted by molar-refractivity contribution is 0.303. The molecule has 2 heteroatoms. The summed E-state index contributed by atoms with van der Waals surface area (Å²) >= 11 is 0. The lowest BCUT2D eigenvalue weighted by atomic mass is 10.1. The zero-order chi connectivity index (χ0) is 10.9. The Labute approximate surface area is 91.6 Å². The van der Waals surface area contributed by atoms with E-state index in [1.54, 1.807) is 0 Å². The molecule has 0 aliphatic rings. The molecule has 0 saturated heterocycles. The highest BCUT2D eigenvalue weighted by molar-refractivity contribution is 5.50. The van der Waals surface area contributed by atoms with E-state index in [2.05, 4.69) is 36.5 Å². The van der Waals surface area contributed by atoms with E-state index in [0.717, 1.165) is 19.5 Å². The second-order valence-electron chi connectivity index (χ2n) is 3.44. The number of nitrogens with one attached hydrogen (secondary N) is 1. The molecule has 1 rings (SSSR count). The van der Waals surface area contributed by atoms with E-state index < -0.39 is 0 Å². The summed E-state index contributed by atoms with van der Waals surface area (Å²) in [7, 11) is 0. The van der Waals surface area contributed by atoms with Crippen molar-refractivity contribution < 1.29 is 5.11 Å². The fourth-order valence-corrected chi connectivity index (χ4v) is 1.37. The van der Waals surface area contributed by atoms with Crippen LogP contribution in [0.2, 0.25) is 0 Å². The topological polar surface area (TPSA) is 32.3 Å². The quantitative estimate of drug-likeness (QED) is 0.746. The van der Waals surface area contributed by atoms with Crippen molar-refractivity contribution in [3.05, 3.63) is 41.5 Å². The Kier molecular flexibility index (Phi) is 5.74. The maximum atomic E-state index is 8.65. The van der Waals surface area contributed by atoms with Crippen LogP contribution in [0.5, 0.6) is 0 Å². The Hall–Kier alpha value is -1.12. The van der Waals surface area contributed by atoms with E-state index in [4.69, 9.17) is 5.11 Å². The fourth-order valence-electron chi connectivity index (χ4n) is 1.37. The molecule has 0 aromatic heterocycles. The summed E-state index contributed by atoms with van der Waals surface area (Å²) in [5.41, 5.74) is 2.49. The fraction of sp³-hybridized carbons (Fsp3) is 0.385. The zero-order valence-corrected chi connectivity index (χ0v) is 9.24. The van der Waals surface area contributed by atoms with Gasteiger partial charge in [0.1, 0.15) is 0 Å². The van der Waals surface area contributed by atoms with Gasteiger partial charge in [0.15, 0.2) is 0 Å². The maximum absolute atomic E-state index is 8.65. The summed E-state index contributed by atoms with van der Waals surface area (Å²) in [5.74, 6) is 0. The van der Waals surface area contributed by atoms with E-state index in [1.165, 1.54) is 11.1 Å². The molecule has 0 atom stereocenters. The van der Waals surface area contributed by atoms with Crippen molar-refractivity contribution in [3.8, 4) is 0 Å². The third kappa shape index (κ3) is 4.77. The van der Waals surface area contributed by atoms with Crippen molar-refractivity contribution >= 4 is 6.08 Å². The number of benzene rings is 1. The Morgan fingerprint density at radius 2 is 2.27 bits per heavy atom. The summed E-state index contributed by atoms with van der Waals surface area (Å²) in [6.07, 6.45) is 4.76. The Morgan fingerprint density at radius 3 is 3.00 bits per heavy atom. The minimum Gasteiger partial charge on any atom is -0.396 e. The largest absolute Gasteiger partial charge is 0.396 e. The number of hydrogen-bond donors (Lipinski definition) is 2. The first kappa shape index (κ1) is 12.0. The molecule has 0 radical (unpaired) electrons. The summed E-state index contributed by atoms with van der Waals surface area (Å²) in [5, 5.41) is 11.9. The van der Waals surface area contributed by atoms with Crippen LogP contribution in [-0.2, 0) is 6.54 Å². The van der Waals surface area contributed by atoms with Gasteiger partial charge in [-0.05, 0) is 24.1 Å². The van der Waals surface area contributed by atoms with Crippen LogP contribution in [-0.4, -0.2) is 18.3 Å². The molecule has 82 valence electrons. The molecule has 0 fully saturated rings. The molecule has 0 heterocycles. The van der Waals surface area contributed by atoms with E-state index >= 15 is 0 Å². The molecule has 0 amide bonds. The standard InChI is InChI=1S/C13H19NO/c1-2-14-11-13-8-5-7-12(10-13)6-3-4-9-15/h3,5-8,10,14-15H,2,4,9,11H2,1H3. The predicted octanol–water partition coefficient (Wildman–Crippen LogP) is 2.19. The van der Waals surface area contributed by atoms with Gasteiger partial charge >= 0.3 is 0 Å². The predicted molar refractivity (Wildman–Crippen MR) is 64.6 cm³/mol. The normalized spacial score (nSPS) is 11.1. The summed E-state index contributed by atoms with van der Waals surface area (Å²) in [6.45, 7) is 4.22. The molecular formula is C13H19NO. The second-order valence-corrected chi connectivity index (χ2v) is 3.44. The van der Waals surface area contributed by atoms with Crippen LogP contribution in [0.3, 0.4) is 0 Å². The van der Waals surface area contributed by atoms with Crippen molar-refractivity contribution in [2.45, 2.75) is 19.9 Å². The van der Waals surface area contributed by atoms with Gasteiger partial charge in [0, 0.05) is 13.2 Å². The number of rotatable bonds is 6. The van der Waals surface area contributed by atoms with Crippen molar-refractivity contribution in [2.75, 3.05) is 13.2 Å². The first-order valence-corrected chi connectivity index (χ1v) is 5.44. The average Bonchev–Trinajstić information content (AvgIpc) is 2.27. The molecule has 0 aliphatic heterocycles. The molecule has 0 aliphatic carbocycles. The smallest absolute Gasteiger partial charge is 0.0465 e. The summed E-state index contributed by atoms with van der Waals surface area (Å²) in [6, 6.07) is 8.41. The van der Waals surface area contributed by atoms with Crippen LogP contribution < -0.4 is 5.32 Å². The van der Waals surface area contributed by atoms with Gasteiger partial charge in [-0.25, -0.2) is 0 Å². The average molecular weight is 205 g/mol.